The van der Waals surface area contributed by atoms with Crippen molar-refractivity contribution >= 4 is 22.6 Å². The summed E-state index contributed by atoms with van der Waals surface area (Å²) >= 11 is 0. The van der Waals surface area contributed by atoms with Crippen LogP contribution in [0.5, 0.6) is 0 Å². The zero-order chi connectivity index (χ0) is 15.9. The van der Waals surface area contributed by atoms with Gasteiger partial charge in [-0.05, 0) is 18.6 Å². The molecule has 2 aromatic rings. The summed E-state index contributed by atoms with van der Waals surface area (Å²) in [5.74, 6) is -1.05. The van der Waals surface area contributed by atoms with E-state index < -0.39 is 11.2 Å². The molecule has 0 unspecified atom stereocenters. The number of fused-ring (bicyclic) bond motifs is 1. The lowest BCUT2D eigenvalue weighted by atomic mass is 9.76. The maximum atomic E-state index is 12.6. The van der Waals surface area contributed by atoms with Gasteiger partial charge in [0.1, 0.15) is 17.0 Å². The first-order valence-electron chi connectivity index (χ1n) is 7.13. The topological polar surface area (TPSA) is 80.2 Å². The van der Waals surface area contributed by atoms with Gasteiger partial charge in [0.15, 0.2) is 5.78 Å². The lowest BCUT2D eigenvalue weighted by Gasteiger charge is -2.29. The smallest absolute Gasteiger partial charge is 0.219 e. The molecule has 1 heterocycles. The van der Waals surface area contributed by atoms with Gasteiger partial charge in [-0.2, -0.15) is 0 Å². The van der Waals surface area contributed by atoms with Crippen LogP contribution in [-0.4, -0.2) is 26.6 Å². The van der Waals surface area contributed by atoms with Crippen molar-refractivity contribution in [1.82, 2.24) is 9.97 Å². The molecule has 0 fully saturated rings. The van der Waals surface area contributed by atoms with E-state index in [0.29, 0.717) is 17.5 Å². The number of aliphatic hydroxyl groups excluding tert-OH is 1. The quantitative estimate of drug-likeness (QED) is 0.680. The molecule has 5 heteroatoms. The van der Waals surface area contributed by atoms with Gasteiger partial charge < -0.3 is 5.11 Å². The number of aromatic nitrogens is 2. The predicted molar refractivity (Wildman–Crippen MR) is 81.5 cm³/mol. The first-order chi connectivity index (χ1) is 10.4. The Balaban J connectivity index is 2.10. The first-order valence-corrected chi connectivity index (χ1v) is 7.13. The van der Waals surface area contributed by atoms with Crippen LogP contribution in [0.1, 0.15) is 37.2 Å². The second-order valence-electron chi connectivity index (χ2n) is 6.10. The molecule has 3 rings (SSSR count). The van der Waals surface area contributed by atoms with E-state index in [0.717, 1.165) is 0 Å². The minimum absolute atomic E-state index is 0.0753. The lowest BCUT2D eigenvalue weighted by Crippen LogP contribution is -2.30. The number of benzene rings is 1. The number of nitrogens with zero attached hydrogens (tertiary/aromatic N) is 2. The number of hydrogen-bond acceptors (Lipinski definition) is 5. The third kappa shape index (κ3) is 2.28. The van der Waals surface area contributed by atoms with Crippen molar-refractivity contribution < 1.29 is 14.7 Å². The molecule has 0 saturated carbocycles. The number of hydrogen-bond donors (Lipinski definition) is 1. The van der Waals surface area contributed by atoms with Crippen molar-refractivity contribution in [3.8, 4) is 0 Å². The zero-order valence-corrected chi connectivity index (χ0v) is 12.5. The molecule has 112 valence electrons. The van der Waals surface area contributed by atoms with E-state index in [9.17, 15) is 14.7 Å². The standard InChI is InChI=1S/C17H16N2O3/c1-17(2)8-7-13(20)14(16(17)22)15(21)12-9-18-10-5-3-4-6-11(10)19-12/h3-6,9,22H,7-8H2,1-2H3. The number of carbonyl (C=O) groups excluding carboxylic acids is 2. The van der Waals surface area contributed by atoms with Gasteiger partial charge in [-0.3, -0.25) is 14.6 Å². The molecule has 0 amide bonds. The molecule has 1 aliphatic rings. The summed E-state index contributed by atoms with van der Waals surface area (Å²) in [6, 6.07) is 7.18. The summed E-state index contributed by atoms with van der Waals surface area (Å²) in [5, 5.41) is 10.3. The van der Waals surface area contributed by atoms with Gasteiger partial charge in [-0.1, -0.05) is 26.0 Å². The molecule has 1 aromatic heterocycles. The molecule has 1 aromatic carbocycles. The Morgan fingerprint density at radius 2 is 1.91 bits per heavy atom. The summed E-state index contributed by atoms with van der Waals surface area (Å²) < 4.78 is 0. The van der Waals surface area contributed by atoms with E-state index in [1.165, 1.54) is 6.20 Å². The molecular weight excluding hydrogens is 280 g/mol. The van der Waals surface area contributed by atoms with Crippen LogP contribution in [0.15, 0.2) is 41.8 Å². The Morgan fingerprint density at radius 1 is 1.23 bits per heavy atom. The van der Waals surface area contributed by atoms with Crippen molar-refractivity contribution in [1.29, 1.82) is 0 Å². The second kappa shape index (κ2) is 5.02. The fourth-order valence-electron chi connectivity index (χ4n) is 2.57. The Hall–Kier alpha value is -2.56. The normalized spacial score (nSPS) is 17.8. The van der Waals surface area contributed by atoms with Crippen molar-refractivity contribution in [3.05, 3.63) is 47.5 Å². The minimum atomic E-state index is -0.580. The van der Waals surface area contributed by atoms with Gasteiger partial charge in [-0.15, -0.1) is 0 Å². The summed E-state index contributed by atoms with van der Waals surface area (Å²) in [5.41, 5.74) is 0.596. The molecule has 0 atom stereocenters. The van der Waals surface area contributed by atoms with Gasteiger partial charge in [0.2, 0.25) is 5.78 Å². The highest BCUT2D eigenvalue weighted by Gasteiger charge is 2.38. The average molecular weight is 296 g/mol. The van der Waals surface area contributed by atoms with Gasteiger partial charge in [0.05, 0.1) is 17.2 Å². The van der Waals surface area contributed by atoms with Crippen molar-refractivity contribution in [2.45, 2.75) is 26.7 Å². The molecule has 1 aliphatic carbocycles. The van der Waals surface area contributed by atoms with Gasteiger partial charge in [0.25, 0.3) is 0 Å². The molecule has 5 nitrogen and oxygen atoms in total. The van der Waals surface area contributed by atoms with Crippen molar-refractivity contribution in [3.63, 3.8) is 0 Å². The fourth-order valence-corrected chi connectivity index (χ4v) is 2.57. The highest BCUT2D eigenvalue weighted by molar-refractivity contribution is 6.26. The molecule has 0 spiro atoms. The van der Waals surface area contributed by atoms with Crippen LogP contribution in [0.3, 0.4) is 0 Å². The van der Waals surface area contributed by atoms with E-state index in [2.05, 4.69) is 9.97 Å². The lowest BCUT2D eigenvalue weighted by molar-refractivity contribution is -0.116. The number of carbonyl (C=O) groups is 2. The number of aliphatic hydroxyl groups is 1. The Morgan fingerprint density at radius 3 is 2.64 bits per heavy atom. The summed E-state index contributed by atoms with van der Waals surface area (Å²) in [4.78, 5) is 33.1. The van der Waals surface area contributed by atoms with E-state index >= 15 is 0 Å². The van der Waals surface area contributed by atoms with E-state index in [4.69, 9.17) is 0 Å². The largest absolute Gasteiger partial charge is 0.511 e. The van der Waals surface area contributed by atoms with Crippen LogP contribution in [0.25, 0.3) is 11.0 Å². The Kier molecular flexibility index (Phi) is 3.28. The summed E-state index contributed by atoms with van der Waals surface area (Å²) in [6.07, 6.45) is 2.12. The van der Waals surface area contributed by atoms with Crippen LogP contribution in [0.4, 0.5) is 0 Å². The Labute approximate surface area is 127 Å². The molecule has 1 N–H and O–H groups in total. The van der Waals surface area contributed by atoms with Gasteiger partial charge >= 0.3 is 0 Å². The summed E-state index contributed by atoms with van der Waals surface area (Å²) in [6.45, 7) is 3.63. The van der Waals surface area contributed by atoms with Crippen molar-refractivity contribution in [2.24, 2.45) is 5.41 Å². The third-order valence-electron chi connectivity index (χ3n) is 4.04. The molecule has 0 bridgehead atoms. The SMILES string of the molecule is CC1(C)CCC(=O)C(C(=O)c2cnc3ccccc3n2)=C1O. The number of Topliss-reactive ketones (excluding diaryl/α,β-unsaturated/α-hetero) is 2. The van der Waals surface area contributed by atoms with E-state index in [1.54, 1.807) is 18.2 Å². The maximum absolute atomic E-state index is 12.6. The number of rotatable bonds is 2. The highest BCUT2D eigenvalue weighted by Crippen LogP contribution is 2.37. The second-order valence-corrected chi connectivity index (χ2v) is 6.10. The highest BCUT2D eigenvalue weighted by atomic mass is 16.3. The van der Waals surface area contributed by atoms with Gasteiger partial charge in [0, 0.05) is 11.8 Å². The van der Waals surface area contributed by atoms with Crippen molar-refractivity contribution in [2.75, 3.05) is 0 Å². The van der Waals surface area contributed by atoms with Crippen LogP contribution < -0.4 is 0 Å². The predicted octanol–water partition coefficient (Wildman–Crippen LogP) is 3.01. The number of para-hydroxylation sites is 2. The van der Waals surface area contributed by atoms with E-state index in [-0.39, 0.29) is 29.2 Å². The molecule has 0 radical (unpaired) electrons. The van der Waals surface area contributed by atoms with Gasteiger partial charge in [-0.25, -0.2) is 4.98 Å². The van der Waals surface area contributed by atoms with Crippen LogP contribution in [0, 0.1) is 5.41 Å². The zero-order valence-electron chi connectivity index (χ0n) is 12.5. The molecule has 0 saturated heterocycles. The third-order valence-corrected chi connectivity index (χ3v) is 4.04. The van der Waals surface area contributed by atoms with Crippen LogP contribution >= 0.6 is 0 Å². The van der Waals surface area contributed by atoms with E-state index in [1.807, 2.05) is 19.9 Å². The molecular formula is C17H16N2O3. The van der Waals surface area contributed by atoms with Crippen LogP contribution in [0.2, 0.25) is 0 Å². The Bertz CT molecular complexity index is 822. The maximum Gasteiger partial charge on any atom is 0.219 e. The summed E-state index contributed by atoms with van der Waals surface area (Å²) in [7, 11) is 0. The minimum Gasteiger partial charge on any atom is -0.511 e. The molecule has 0 aliphatic heterocycles. The fraction of sp³-hybridized carbons (Fsp3) is 0.294. The monoisotopic (exact) mass is 296 g/mol. The average Bonchev–Trinajstić information content (AvgIpc) is 2.51. The number of ketones is 2. The number of allylic oxidation sites excluding steroid dienone is 2. The molecule has 22 heavy (non-hydrogen) atoms. The first kappa shape index (κ1) is 14.4. The van der Waals surface area contributed by atoms with Crippen LogP contribution in [-0.2, 0) is 4.79 Å².